The van der Waals surface area contributed by atoms with Gasteiger partial charge in [-0.3, -0.25) is 0 Å². The minimum Gasteiger partial charge on any atom is -0.310 e. The zero-order chi connectivity index (χ0) is 42.9. The van der Waals surface area contributed by atoms with E-state index in [-0.39, 0.29) is 5.41 Å². The Morgan fingerprint density at radius 1 is 0.483 bits per heavy atom. The fourth-order valence-electron chi connectivity index (χ4n) is 10.7. The van der Waals surface area contributed by atoms with Crippen LogP contribution in [-0.2, 0) is 10.8 Å². The molecular weight excluding hydrogens is 727 g/mol. The monoisotopic (exact) mass is 777 g/mol. The van der Waals surface area contributed by atoms with Crippen LogP contribution in [0.5, 0.6) is 0 Å². The zero-order valence-electron chi connectivity index (χ0n) is 37.4. The van der Waals surface area contributed by atoms with Crippen molar-refractivity contribution < 1.29 is 2.74 Å². The molecule has 60 heavy (non-hydrogen) atoms. The zero-order valence-corrected chi connectivity index (χ0v) is 35.4. The lowest BCUT2D eigenvalue weighted by Gasteiger charge is -2.33. The lowest BCUT2D eigenvalue weighted by Crippen LogP contribution is -2.26. The first-order valence-corrected chi connectivity index (χ1v) is 21.1. The first-order valence-electron chi connectivity index (χ1n) is 22.1. The molecule has 0 saturated heterocycles. The number of aryl methyl sites for hydroxylation is 1. The number of benzene rings is 7. The molecule has 0 unspecified atom stereocenters. The van der Waals surface area contributed by atoms with Gasteiger partial charge in [0.2, 0.25) is 0 Å². The van der Waals surface area contributed by atoms with Crippen LogP contribution < -0.4 is 4.90 Å². The van der Waals surface area contributed by atoms with Gasteiger partial charge in [-0.1, -0.05) is 151 Å². The molecule has 1 heterocycles. The van der Waals surface area contributed by atoms with E-state index in [1.54, 1.807) is 6.33 Å². The van der Waals surface area contributed by atoms with Gasteiger partial charge in [-0.15, -0.1) is 0 Å². The predicted molar refractivity (Wildman–Crippen MR) is 249 cm³/mol. The summed E-state index contributed by atoms with van der Waals surface area (Å²) in [4.78, 5) is 11.4. The standard InChI is InChI=1S/C57H49N3/c1-34(2)37-19-23-46-47-24-20-38(35(3)4)29-54(47)57(53(46)28-37)51-18-11-9-16-44(51)48-26-22-42(31-55(48)57)60(40-14-12-13-39(27-40)49-32-58-33-59-36(49)5)41-21-25-45-43-15-8-10-17-50(43)56(6,7)52(45)30-41/h8-35H,1-7H3/i34D,35D. The van der Waals surface area contributed by atoms with Gasteiger partial charge < -0.3 is 4.90 Å². The van der Waals surface area contributed by atoms with Crippen molar-refractivity contribution in [3.63, 3.8) is 0 Å². The molecule has 3 aliphatic carbocycles. The van der Waals surface area contributed by atoms with Crippen LogP contribution in [0.15, 0.2) is 158 Å². The van der Waals surface area contributed by atoms with Crippen molar-refractivity contribution >= 4 is 17.1 Å². The van der Waals surface area contributed by atoms with E-state index < -0.39 is 17.2 Å². The number of nitrogens with zero attached hydrogens (tertiary/aromatic N) is 3. The van der Waals surface area contributed by atoms with Crippen LogP contribution >= 0.6 is 0 Å². The third-order valence-electron chi connectivity index (χ3n) is 13.7. The van der Waals surface area contributed by atoms with Gasteiger partial charge in [-0.25, -0.2) is 9.97 Å². The van der Waals surface area contributed by atoms with Gasteiger partial charge in [0, 0.05) is 42.7 Å². The second kappa shape index (κ2) is 13.2. The Balaban J connectivity index is 1.20. The normalized spacial score (nSPS) is 15.3. The van der Waals surface area contributed by atoms with E-state index in [0.29, 0.717) is 0 Å². The predicted octanol–water partition coefficient (Wildman–Crippen LogP) is 14.8. The third kappa shape index (κ3) is 5.08. The summed E-state index contributed by atoms with van der Waals surface area (Å²) < 4.78 is 18.4. The largest absolute Gasteiger partial charge is 0.310 e. The first kappa shape index (κ1) is 34.3. The molecule has 292 valence electrons. The summed E-state index contributed by atoms with van der Waals surface area (Å²) in [5.41, 5.74) is 22.1. The van der Waals surface area contributed by atoms with Crippen molar-refractivity contribution in [2.45, 2.75) is 71.1 Å². The Hall–Kier alpha value is -6.58. The molecule has 11 rings (SSSR count). The Bertz CT molecular complexity index is 3100. The van der Waals surface area contributed by atoms with Gasteiger partial charge in [0.25, 0.3) is 0 Å². The smallest absolute Gasteiger partial charge is 0.115 e. The summed E-state index contributed by atoms with van der Waals surface area (Å²) in [6, 6.07) is 53.9. The minimum absolute atomic E-state index is 0.179. The average Bonchev–Trinajstić information content (AvgIpc) is 3.81. The topological polar surface area (TPSA) is 29.0 Å². The summed E-state index contributed by atoms with van der Waals surface area (Å²) in [6.45, 7) is 14.6. The average molecular weight is 778 g/mol. The fraction of sp³-hybridized carbons (Fsp3) is 0.193. The van der Waals surface area contributed by atoms with Gasteiger partial charge in [0.15, 0.2) is 0 Å². The minimum atomic E-state index is -0.799. The molecule has 1 aromatic heterocycles. The number of anilines is 3. The van der Waals surface area contributed by atoms with Crippen LogP contribution in [0.25, 0.3) is 44.5 Å². The van der Waals surface area contributed by atoms with Gasteiger partial charge in [-0.2, -0.15) is 0 Å². The van der Waals surface area contributed by atoms with Crippen LogP contribution in [0.3, 0.4) is 0 Å². The van der Waals surface area contributed by atoms with Crippen LogP contribution in [0, 0.1) is 6.92 Å². The van der Waals surface area contributed by atoms with E-state index in [2.05, 4.69) is 174 Å². The highest BCUT2D eigenvalue weighted by atomic mass is 15.1. The van der Waals surface area contributed by atoms with Crippen LogP contribution in [0.4, 0.5) is 17.1 Å². The van der Waals surface area contributed by atoms with Crippen molar-refractivity contribution in [1.82, 2.24) is 9.97 Å². The maximum absolute atomic E-state index is 9.22. The molecule has 0 N–H and O–H groups in total. The Morgan fingerprint density at radius 3 is 1.60 bits per heavy atom. The quantitative estimate of drug-likeness (QED) is 0.168. The SMILES string of the molecule is [2H]C(C)(C)c1ccc2c(c1)C1(c3ccccc3-c3ccc(N(c4cccc(-c5cncnc5C)c4)c4ccc5c(c4)C(C)(C)c4ccccc4-5)cc31)c1cc(C([2H])(C)C)ccc1-2. The van der Waals surface area contributed by atoms with E-state index in [1.165, 1.54) is 66.8 Å². The lowest BCUT2D eigenvalue weighted by molar-refractivity contribution is 0.660. The summed E-state index contributed by atoms with van der Waals surface area (Å²) in [6.07, 6.45) is 3.52. The Kier molecular flexibility index (Phi) is 7.55. The van der Waals surface area contributed by atoms with Crippen molar-refractivity contribution in [2.24, 2.45) is 0 Å². The molecule has 0 fully saturated rings. The van der Waals surface area contributed by atoms with E-state index >= 15 is 0 Å². The molecule has 3 nitrogen and oxygen atoms in total. The molecule has 1 spiro atoms. The maximum Gasteiger partial charge on any atom is 0.115 e. The molecule has 0 saturated carbocycles. The Labute approximate surface area is 357 Å². The van der Waals surface area contributed by atoms with E-state index in [1.807, 2.05) is 40.8 Å². The van der Waals surface area contributed by atoms with Crippen molar-refractivity contribution in [1.29, 1.82) is 0 Å². The molecule has 3 heteroatoms. The molecule has 0 amide bonds. The summed E-state index contributed by atoms with van der Waals surface area (Å²) in [7, 11) is 0. The van der Waals surface area contributed by atoms with Gasteiger partial charge in [0.05, 0.1) is 5.41 Å². The number of aromatic nitrogens is 2. The second-order valence-corrected chi connectivity index (χ2v) is 17.9. The maximum atomic E-state index is 9.22. The summed E-state index contributed by atoms with van der Waals surface area (Å²) in [5, 5.41) is 0. The lowest BCUT2D eigenvalue weighted by atomic mass is 9.69. The Morgan fingerprint density at radius 2 is 0.983 bits per heavy atom. The van der Waals surface area contributed by atoms with Gasteiger partial charge in [-0.05, 0) is 139 Å². The van der Waals surface area contributed by atoms with E-state index in [9.17, 15) is 2.74 Å². The number of rotatable bonds is 6. The number of hydrogen-bond donors (Lipinski definition) is 0. The third-order valence-corrected chi connectivity index (χ3v) is 13.7. The van der Waals surface area contributed by atoms with Crippen LogP contribution in [0.1, 0.15) is 106 Å². The second-order valence-electron chi connectivity index (χ2n) is 17.9. The molecule has 3 aliphatic rings. The molecule has 7 aromatic carbocycles. The molecular formula is C57H49N3. The van der Waals surface area contributed by atoms with Crippen LogP contribution in [0.2, 0.25) is 0 Å². The highest BCUT2D eigenvalue weighted by molar-refractivity contribution is 5.97. The number of hydrogen-bond acceptors (Lipinski definition) is 3. The molecule has 8 aromatic rings. The molecule has 0 aliphatic heterocycles. The van der Waals surface area contributed by atoms with Crippen molar-refractivity contribution in [2.75, 3.05) is 4.90 Å². The first-order chi connectivity index (χ1) is 29.7. The van der Waals surface area contributed by atoms with Crippen molar-refractivity contribution in [3.05, 3.63) is 208 Å². The van der Waals surface area contributed by atoms with Crippen molar-refractivity contribution in [3.8, 4) is 44.5 Å². The highest BCUT2D eigenvalue weighted by Crippen LogP contribution is 2.64. The summed E-state index contributed by atoms with van der Waals surface area (Å²) >= 11 is 0. The summed E-state index contributed by atoms with van der Waals surface area (Å²) in [5.74, 6) is -1.60. The fourth-order valence-corrected chi connectivity index (χ4v) is 10.7. The van der Waals surface area contributed by atoms with Gasteiger partial charge >= 0.3 is 0 Å². The number of fused-ring (bicyclic) bond motifs is 13. The van der Waals surface area contributed by atoms with Crippen LogP contribution in [-0.4, -0.2) is 9.97 Å². The highest BCUT2D eigenvalue weighted by Gasteiger charge is 2.52. The molecule has 0 bridgehead atoms. The van der Waals surface area contributed by atoms with E-state index in [4.69, 9.17) is 0 Å². The molecule has 0 atom stereocenters. The molecule has 0 radical (unpaired) electrons. The van der Waals surface area contributed by atoms with Gasteiger partial charge in [0.1, 0.15) is 6.33 Å². The van der Waals surface area contributed by atoms with E-state index in [0.717, 1.165) is 45.0 Å².